The zero-order valence-electron chi connectivity index (χ0n) is 12.1. The average Bonchev–Trinajstić information content (AvgIpc) is 2.92. The van der Waals surface area contributed by atoms with Crippen LogP contribution in [0.4, 0.5) is 5.69 Å². The number of nitrogens with two attached hydrogens (primary N) is 1. The predicted molar refractivity (Wildman–Crippen MR) is 76.7 cm³/mol. The van der Waals surface area contributed by atoms with Gasteiger partial charge in [-0.25, -0.2) is 0 Å². The van der Waals surface area contributed by atoms with Gasteiger partial charge in [-0.2, -0.15) is 0 Å². The Morgan fingerprint density at radius 1 is 1.48 bits per heavy atom. The maximum Gasteiger partial charge on any atom is 0.253 e. The lowest BCUT2D eigenvalue weighted by atomic mass is 10.0. The number of amides is 1. The van der Waals surface area contributed by atoms with Crippen LogP contribution in [0.2, 0.25) is 0 Å². The minimum Gasteiger partial charge on any atom is -0.497 e. The molecule has 1 aliphatic rings. The summed E-state index contributed by atoms with van der Waals surface area (Å²) in [6.45, 7) is 0.802. The Balaban J connectivity index is 2.14. The number of benzene rings is 1. The van der Waals surface area contributed by atoms with Gasteiger partial charge >= 0.3 is 0 Å². The van der Waals surface area contributed by atoms with Crippen LogP contribution in [0.15, 0.2) is 12.1 Å². The monoisotopic (exact) mass is 296 g/mol. The second-order valence-corrected chi connectivity index (χ2v) is 5.00. The first kappa shape index (κ1) is 15.4. The number of anilines is 1. The Labute approximate surface area is 123 Å². The number of hydrogen-bond acceptors (Lipinski definition) is 6. The fourth-order valence-electron chi connectivity index (χ4n) is 2.15. The van der Waals surface area contributed by atoms with E-state index >= 15 is 0 Å². The molecule has 0 aromatic heterocycles. The summed E-state index contributed by atoms with van der Waals surface area (Å²) >= 11 is 0. The van der Waals surface area contributed by atoms with Gasteiger partial charge in [-0.15, -0.1) is 0 Å². The van der Waals surface area contributed by atoms with Gasteiger partial charge in [0.25, 0.3) is 5.91 Å². The maximum absolute atomic E-state index is 12.2. The van der Waals surface area contributed by atoms with Crippen molar-refractivity contribution in [1.82, 2.24) is 5.32 Å². The molecular formula is C14H20N2O5. The van der Waals surface area contributed by atoms with Gasteiger partial charge in [-0.1, -0.05) is 0 Å². The normalized spacial score (nSPS) is 21.1. The topological polar surface area (TPSA) is 103 Å². The maximum atomic E-state index is 12.2. The molecule has 1 fully saturated rings. The summed E-state index contributed by atoms with van der Waals surface area (Å²) in [5.74, 6) is 0.432. The van der Waals surface area contributed by atoms with E-state index in [2.05, 4.69) is 5.32 Å². The van der Waals surface area contributed by atoms with Crippen LogP contribution in [-0.4, -0.2) is 50.6 Å². The molecule has 21 heavy (non-hydrogen) atoms. The lowest BCUT2D eigenvalue weighted by Crippen LogP contribution is -2.43. The highest BCUT2D eigenvalue weighted by Gasteiger charge is 2.32. The third kappa shape index (κ3) is 3.37. The molecule has 1 heterocycles. The van der Waals surface area contributed by atoms with Crippen LogP contribution in [0.25, 0.3) is 0 Å². The first-order chi connectivity index (χ1) is 9.99. The van der Waals surface area contributed by atoms with E-state index in [4.69, 9.17) is 19.9 Å². The van der Waals surface area contributed by atoms with Crippen LogP contribution >= 0.6 is 0 Å². The minimum atomic E-state index is -1.02. The van der Waals surface area contributed by atoms with Crippen LogP contribution in [0.3, 0.4) is 0 Å². The van der Waals surface area contributed by atoms with Crippen molar-refractivity contribution in [2.24, 2.45) is 0 Å². The average molecular weight is 296 g/mol. The molecule has 1 aromatic carbocycles. The third-order valence-corrected chi connectivity index (χ3v) is 3.48. The van der Waals surface area contributed by atoms with Gasteiger partial charge in [0.05, 0.1) is 32.1 Å². The van der Waals surface area contributed by atoms with Crippen molar-refractivity contribution in [2.45, 2.75) is 12.0 Å². The molecule has 2 rings (SSSR count). The molecule has 1 aliphatic heterocycles. The fourth-order valence-corrected chi connectivity index (χ4v) is 2.15. The van der Waals surface area contributed by atoms with Gasteiger partial charge in [0.15, 0.2) is 0 Å². The van der Waals surface area contributed by atoms with Crippen molar-refractivity contribution in [3.63, 3.8) is 0 Å². The van der Waals surface area contributed by atoms with Gasteiger partial charge in [-0.05, 0) is 6.07 Å². The van der Waals surface area contributed by atoms with Crippen molar-refractivity contribution in [3.8, 4) is 11.5 Å². The summed E-state index contributed by atoms with van der Waals surface area (Å²) < 4.78 is 15.4. The lowest BCUT2D eigenvalue weighted by Gasteiger charge is -2.21. The van der Waals surface area contributed by atoms with E-state index in [1.165, 1.54) is 20.3 Å². The molecule has 7 nitrogen and oxygen atoms in total. The summed E-state index contributed by atoms with van der Waals surface area (Å²) in [6.07, 6.45) is 0.490. The molecule has 7 heteroatoms. The lowest BCUT2D eigenvalue weighted by molar-refractivity contribution is 0.0264. The Kier molecular flexibility index (Phi) is 4.54. The molecule has 116 valence electrons. The standard InChI is InChI=1S/C14H20N2O5/c1-19-9-5-10(12(15)11(6-9)20-2)13(17)16-7-14(18)3-4-21-8-14/h5-6,18H,3-4,7-8,15H2,1-2H3,(H,16,17). The second kappa shape index (κ2) is 6.19. The molecule has 1 atom stereocenters. The zero-order chi connectivity index (χ0) is 15.5. The van der Waals surface area contributed by atoms with Gasteiger partial charge in [0.2, 0.25) is 0 Å². The zero-order valence-corrected chi connectivity index (χ0v) is 12.1. The second-order valence-electron chi connectivity index (χ2n) is 5.00. The molecule has 0 bridgehead atoms. The SMILES string of the molecule is COc1cc(OC)c(N)c(C(=O)NCC2(O)CCOC2)c1. The number of nitrogen functional groups attached to an aromatic ring is 1. The highest BCUT2D eigenvalue weighted by atomic mass is 16.5. The van der Waals surface area contributed by atoms with Crippen LogP contribution in [-0.2, 0) is 4.74 Å². The van der Waals surface area contributed by atoms with Crippen molar-refractivity contribution >= 4 is 11.6 Å². The molecule has 1 saturated heterocycles. The molecule has 1 aromatic rings. The number of methoxy groups -OCH3 is 2. The van der Waals surface area contributed by atoms with E-state index in [0.717, 1.165) is 0 Å². The number of ether oxygens (including phenoxy) is 3. The van der Waals surface area contributed by atoms with Gasteiger partial charge in [0.1, 0.15) is 17.1 Å². The summed E-state index contributed by atoms with van der Waals surface area (Å²) in [7, 11) is 2.95. The summed E-state index contributed by atoms with van der Waals surface area (Å²) in [5, 5.41) is 12.8. The first-order valence-corrected chi connectivity index (χ1v) is 6.59. The van der Waals surface area contributed by atoms with Crippen molar-refractivity contribution in [1.29, 1.82) is 0 Å². The smallest absolute Gasteiger partial charge is 0.253 e. The van der Waals surface area contributed by atoms with E-state index in [1.54, 1.807) is 6.07 Å². The fraction of sp³-hybridized carbons (Fsp3) is 0.500. The first-order valence-electron chi connectivity index (χ1n) is 6.59. The summed E-state index contributed by atoms with van der Waals surface area (Å²) in [4.78, 5) is 12.2. The quantitative estimate of drug-likeness (QED) is 0.669. The Bertz CT molecular complexity index is 526. The number of nitrogens with one attached hydrogen (secondary N) is 1. The van der Waals surface area contributed by atoms with E-state index in [9.17, 15) is 9.90 Å². The van der Waals surface area contributed by atoms with Gasteiger partial charge < -0.3 is 30.4 Å². The Hall–Kier alpha value is -1.99. The summed E-state index contributed by atoms with van der Waals surface area (Å²) in [5.41, 5.74) is 5.36. The molecule has 0 spiro atoms. The molecule has 4 N–H and O–H groups in total. The van der Waals surface area contributed by atoms with Gasteiger partial charge in [-0.3, -0.25) is 4.79 Å². The van der Waals surface area contributed by atoms with Crippen molar-refractivity contribution in [3.05, 3.63) is 17.7 Å². The van der Waals surface area contributed by atoms with E-state index < -0.39 is 11.5 Å². The predicted octanol–water partition coefficient (Wildman–Crippen LogP) is 0.167. The molecule has 1 unspecified atom stereocenters. The highest BCUT2D eigenvalue weighted by molar-refractivity contribution is 6.01. The number of carbonyl (C=O) groups is 1. The largest absolute Gasteiger partial charge is 0.497 e. The molecule has 0 aliphatic carbocycles. The highest BCUT2D eigenvalue weighted by Crippen LogP contribution is 2.31. The van der Waals surface area contributed by atoms with Crippen LogP contribution < -0.4 is 20.5 Å². The third-order valence-electron chi connectivity index (χ3n) is 3.48. The van der Waals surface area contributed by atoms with Crippen LogP contribution in [0.5, 0.6) is 11.5 Å². The molecular weight excluding hydrogens is 276 g/mol. The number of rotatable bonds is 5. The van der Waals surface area contributed by atoms with Gasteiger partial charge in [0, 0.05) is 25.6 Å². The Morgan fingerprint density at radius 2 is 2.24 bits per heavy atom. The molecule has 1 amide bonds. The van der Waals surface area contributed by atoms with E-state index in [0.29, 0.717) is 24.5 Å². The van der Waals surface area contributed by atoms with E-state index in [1.807, 2.05) is 0 Å². The number of carbonyl (C=O) groups excluding carboxylic acids is 1. The molecule has 0 radical (unpaired) electrons. The summed E-state index contributed by atoms with van der Waals surface area (Å²) in [6, 6.07) is 3.13. The Morgan fingerprint density at radius 3 is 2.81 bits per heavy atom. The van der Waals surface area contributed by atoms with Crippen molar-refractivity contribution < 1.29 is 24.1 Å². The number of hydrogen-bond donors (Lipinski definition) is 3. The number of aliphatic hydroxyl groups is 1. The van der Waals surface area contributed by atoms with Crippen molar-refractivity contribution in [2.75, 3.05) is 39.7 Å². The van der Waals surface area contributed by atoms with Crippen LogP contribution in [0, 0.1) is 0 Å². The minimum absolute atomic E-state index is 0.102. The molecule has 0 saturated carbocycles. The van der Waals surface area contributed by atoms with Crippen LogP contribution in [0.1, 0.15) is 16.8 Å². The van der Waals surface area contributed by atoms with E-state index in [-0.39, 0.29) is 24.4 Å².